The molecule has 0 saturated heterocycles. The van der Waals surface area contributed by atoms with Gasteiger partial charge in [-0.15, -0.1) is 0 Å². The lowest BCUT2D eigenvalue weighted by atomic mass is 10.1. The lowest BCUT2D eigenvalue weighted by Crippen LogP contribution is -2.11. The van der Waals surface area contributed by atoms with Crippen LogP contribution in [-0.2, 0) is 9.59 Å². The van der Waals surface area contributed by atoms with Crippen molar-refractivity contribution < 1.29 is 14.7 Å². The second kappa shape index (κ2) is 14.8. The average molecular weight is 292 g/mol. The minimum atomic E-state index is -1.31. The number of carboxylic acids is 1. The molecule has 0 amide bonds. The number of carboxylic acid groups (broad SMARTS) is 1. The fourth-order valence-electron chi connectivity index (χ4n) is 1.83. The highest BCUT2D eigenvalue weighted by molar-refractivity contribution is 6.32. The second-order valence-corrected chi connectivity index (χ2v) is 4.98. The summed E-state index contributed by atoms with van der Waals surface area (Å²) in [6.07, 6.45) is 21.1. The van der Waals surface area contributed by atoms with Crippen LogP contribution in [0.3, 0.4) is 0 Å². The largest absolute Gasteiger partial charge is 0.476 e. The monoisotopic (exact) mass is 292 g/mol. The van der Waals surface area contributed by atoms with Crippen molar-refractivity contribution in [3.05, 3.63) is 36.5 Å². The summed E-state index contributed by atoms with van der Waals surface area (Å²) in [5.41, 5.74) is 0. The van der Waals surface area contributed by atoms with Crippen molar-refractivity contribution in [2.45, 2.75) is 64.7 Å². The minimum absolute atomic E-state index is 0.169. The molecule has 0 aliphatic rings. The molecule has 1 N–H and O–H groups in total. The number of aliphatic carboxylic acids is 1. The fourth-order valence-corrected chi connectivity index (χ4v) is 1.83. The molecule has 3 nitrogen and oxygen atoms in total. The third-order valence-electron chi connectivity index (χ3n) is 3.04. The van der Waals surface area contributed by atoms with Crippen molar-refractivity contribution in [2.24, 2.45) is 0 Å². The van der Waals surface area contributed by atoms with Gasteiger partial charge in [0.15, 0.2) is 0 Å². The van der Waals surface area contributed by atoms with Gasteiger partial charge in [-0.25, -0.2) is 4.79 Å². The first-order valence-corrected chi connectivity index (χ1v) is 7.89. The molecule has 0 atom stereocenters. The first-order chi connectivity index (χ1) is 10.2. The van der Waals surface area contributed by atoms with Crippen LogP contribution < -0.4 is 0 Å². The number of unbranched alkanes of at least 4 members (excludes halogenated alkanes) is 4. The van der Waals surface area contributed by atoms with Crippen molar-refractivity contribution in [2.75, 3.05) is 0 Å². The van der Waals surface area contributed by atoms with E-state index in [4.69, 9.17) is 5.11 Å². The molecule has 0 aromatic rings. The van der Waals surface area contributed by atoms with Crippen LogP contribution in [0.15, 0.2) is 36.5 Å². The molecule has 0 aliphatic heterocycles. The Hall–Kier alpha value is -1.64. The molecule has 3 heteroatoms. The normalized spacial score (nSPS) is 11.9. The molecular weight excluding hydrogens is 264 g/mol. The van der Waals surface area contributed by atoms with E-state index in [0.717, 1.165) is 44.9 Å². The maximum absolute atomic E-state index is 10.8. The summed E-state index contributed by atoms with van der Waals surface area (Å²) in [5, 5.41) is 8.42. The number of carbonyl (C=O) groups is 2. The molecular formula is C18H28O3. The molecule has 118 valence electrons. The van der Waals surface area contributed by atoms with Gasteiger partial charge in [0.05, 0.1) is 0 Å². The topological polar surface area (TPSA) is 54.4 Å². The number of carbonyl (C=O) groups excluding carboxylic acids is 1. The summed E-state index contributed by atoms with van der Waals surface area (Å²) in [7, 11) is 0. The zero-order chi connectivity index (χ0) is 15.8. The maximum Gasteiger partial charge on any atom is 0.372 e. The maximum atomic E-state index is 10.8. The number of allylic oxidation sites excluding steroid dienone is 6. The molecule has 0 radical (unpaired) electrons. The standard InChI is InChI=1S/C18H28O3/c1-2-3-4-5-6-7-8-9-10-11-12-13-14-15-16-17(19)18(20)21/h3-4,6-7,9-10H,2,5,8,11-16H2,1H3,(H,20,21)/b4-3-,7-6-,10-9-. The van der Waals surface area contributed by atoms with Gasteiger partial charge in [-0.1, -0.05) is 56.2 Å². The molecule has 0 fully saturated rings. The molecule has 0 rings (SSSR count). The van der Waals surface area contributed by atoms with Gasteiger partial charge in [0.2, 0.25) is 5.78 Å². The molecule has 21 heavy (non-hydrogen) atoms. The van der Waals surface area contributed by atoms with Crippen LogP contribution in [0.5, 0.6) is 0 Å². The number of hydrogen-bond acceptors (Lipinski definition) is 2. The minimum Gasteiger partial charge on any atom is -0.476 e. The van der Waals surface area contributed by atoms with Crippen molar-refractivity contribution >= 4 is 11.8 Å². The molecule has 0 saturated carbocycles. The van der Waals surface area contributed by atoms with E-state index < -0.39 is 11.8 Å². The van der Waals surface area contributed by atoms with Gasteiger partial charge in [-0.2, -0.15) is 0 Å². The van der Waals surface area contributed by atoms with E-state index in [1.807, 2.05) is 0 Å². The highest BCUT2D eigenvalue weighted by atomic mass is 16.4. The summed E-state index contributed by atoms with van der Waals surface area (Å²) >= 11 is 0. The first kappa shape index (κ1) is 19.4. The number of hydrogen-bond donors (Lipinski definition) is 1. The Labute approximate surface area is 128 Å². The van der Waals surface area contributed by atoms with Gasteiger partial charge in [0.25, 0.3) is 0 Å². The Bertz CT molecular complexity index is 365. The number of Topliss-reactive ketones (excluding diaryl/α,β-unsaturated/α-hetero) is 1. The number of rotatable bonds is 13. The third-order valence-corrected chi connectivity index (χ3v) is 3.04. The summed E-state index contributed by atoms with van der Waals surface area (Å²) in [5.74, 6) is -1.98. The quantitative estimate of drug-likeness (QED) is 0.300. The summed E-state index contributed by atoms with van der Waals surface area (Å²) in [4.78, 5) is 21.1. The van der Waals surface area contributed by atoms with Gasteiger partial charge in [0.1, 0.15) is 0 Å². The van der Waals surface area contributed by atoms with Crippen LogP contribution in [-0.4, -0.2) is 16.9 Å². The summed E-state index contributed by atoms with van der Waals surface area (Å²) < 4.78 is 0. The van der Waals surface area contributed by atoms with E-state index in [1.165, 1.54) is 0 Å². The molecule has 0 aromatic carbocycles. The van der Waals surface area contributed by atoms with Gasteiger partial charge in [-0.05, 0) is 38.5 Å². The van der Waals surface area contributed by atoms with Crippen LogP contribution in [0.25, 0.3) is 0 Å². The van der Waals surface area contributed by atoms with Crippen molar-refractivity contribution in [3.8, 4) is 0 Å². The van der Waals surface area contributed by atoms with Crippen LogP contribution in [0.4, 0.5) is 0 Å². The Morgan fingerprint density at radius 2 is 1.38 bits per heavy atom. The lowest BCUT2D eigenvalue weighted by Gasteiger charge is -1.97. The van der Waals surface area contributed by atoms with E-state index in [1.54, 1.807) is 0 Å². The smallest absolute Gasteiger partial charge is 0.372 e. The van der Waals surface area contributed by atoms with E-state index in [2.05, 4.69) is 43.4 Å². The van der Waals surface area contributed by atoms with Crippen molar-refractivity contribution in [3.63, 3.8) is 0 Å². The molecule has 0 bridgehead atoms. The SMILES string of the molecule is CC/C=C\C/C=C\C/C=C\CCCCCCC(=O)C(=O)O. The summed E-state index contributed by atoms with van der Waals surface area (Å²) in [6.45, 7) is 2.13. The van der Waals surface area contributed by atoms with E-state index >= 15 is 0 Å². The van der Waals surface area contributed by atoms with E-state index in [0.29, 0.717) is 6.42 Å². The van der Waals surface area contributed by atoms with E-state index in [9.17, 15) is 9.59 Å². The molecule has 0 aliphatic carbocycles. The molecule has 0 spiro atoms. The van der Waals surface area contributed by atoms with E-state index in [-0.39, 0.29) is 6.42 Å². The van der Waals surface area contributed by atoms with Gasteiger partial charge < -0.3 is 5.11 Å². The van der Waals surface area contributed by atoms with Gasteiger partial charge >= 0.3 is 5.97 Å². The Balaban J connectivity index is 3.35. The molecule has 0 aromatic heterocycles. The molecule has 0 heterocycles. The van der Waals surface area contributed by atoms with Crippen molar-refractivity contribution in [1.29, 1.82) is 0 Å². The molecule has 0 unspecified atom stereocenters. The van der Waals surface area contributed by atoms with Crippen LogP contribution in [0.1, 0.15) is 64.7 Å². The summed E-state index contributed by atoms with van der Waals surface area (Å²) in [6, 6.07) is 0. The van der Waals surface area contributed by atoms with Gasteiger partial charge in [0, 0.05) is 6.42 Å². The first-order valence-electron chi connectivity index (χ1n) is 7.89. The fraction of sp³-hybridized carbons (Fsp3) is 0.556. The van der Waals surface area contributed by atoms with Crippen LogP contribution in [0.2, 0.25) is 0 Å². The highest BCUT2D eigenvalue weighted by Gasteiger charge is 2.09. The van der Waals surface area contributed by atoms with Crippen LogP contribution >= 0.6 is 0 Å². The third kappa shape index (κ3) is 14.6. The average Bonchev–Trinajstić information content (AvgIpc) is 2.47. The zero-order valence-corrected chi connectivity index (χ0v) is 13.1. The Morgan fingerprint density at radius 3 is 2.00 bits per heavy atom. The Morgan fingerprint density at radius 1 is 0.810 bits per heavy atom. The Kier molecular flexibility index (Phi) is 13.6. The van der Waals surface area contributed by atoms with Crippen LogP contribution in [0, 0.1) is 0 Å². The number of ketones is 1. The van der Waals surface area contributed by atoms with Crippen molar-refractivity contribution in [1.82, 2.24) is 0 Å². The zero-order valence-electron chi connectivity index (χ0n) is 13.1. The predicted octanol–water partition coefficient (Wildman–Crippen LogP) is 4.84. The predicted molar refractivity (Wildman–Crippen MR) is 87.3 cm³/mol. The van der Waals surface area contributed by atoms with Gasteiger partial charge in [-0.3, -0.25) is 4.79 Å². The lowest BCUT2D eigenvalue weighted by molar-refractivity contribution is -0.149. The highest BCUT2D eigenvalue weighted by Crippen LogP contribution is 2.06. The second-order valence-electron chi connectivity index (χ2n) is 4.98.